The number of carbonyl (C=O) groups is 2. The summed E-state index contributed by atoms with van der Waals surface area (Å²) >= 11 is 0. The van der Waals surface area contributed by atoms with Crippen molar-refractivity contribution in [3.05, 3.63) is 0 Å². The Morgan fingerprint density at radius 1 is 1.70 bits per heavy atom. The molecule has 1 saturated heterocycles. The highest BCUT2D eigenvalue weighted by atomic mass is 16.4. The van der Waals surface area contributed by atoms with Crippen LogP contribution in [0.15, 0.2) is 0 Å². The minimum atomic E-state index is -0.968. The van der Waals surface area contributed by atoms with E-state index in [-0.39, 0.29) is 5.91 Å². The summed E-state index contributed by atoms with van der Waals surface area (Å²) in [6, 6.07) is -0.708. The lowest BCUT2D eigenvalue weighted by molar-refractivity contribution is -0.159. The van der Waals surface area contributed by atoms with Gasteiger partial charge in [0.2, 0.25) is 5.91 Å². The predicted molar refractivity (Wildman–Crippen MR) is 33.3 cm³/mol. The first kappa shape index (κ1) is 7.05. The van der Waals surface area contributed by atoms with Crippen molar-refractivity contribution in [3.63, 3.8) is 0 Å². The molecular weight excluding hydrogens is 134 g/mol. The SMILES string of the molecule is CC1(C)C(=O)N[C@@H]1C(=O)O. The number of β-lactam (4-membered cyclic amide) rings is 1. The van der Waals surface area contributed by atoms with Crippen LogP contribution in [-0.2, 0) is 9.59 Å². The van der Waals surface area contributed by atoms with E-state index >= 15 is 0 Å². The van der Waals surface area contributed by atoms with Crippen molar-refractivity contribution in [2.75, 3.05) is 0 Å². The fourth-order valence-electron chi connectivity index (χ4n) is 0.921. The molecule has 1 amide bonds. The highest BCUT2D eigenvalue weighted by Gasteiger charge is 2.51. The van der Waals surface area contributed by atoms with Gasteiger partial charge in [-0.3, -0.25) is 4.79 Å². The lowest BCUT2D eigenvalue weighted by Gasteiger charge is -2.40. The van der Waals surface area contributed by atoms with E-state index in [2.05, 4.69) is 5.32 Å². The van der Waals surface area contributed by atoms with E-state index < -0.39 is 17.4 Å². The lowest BCUT2D eigenvalue weighted by atomic mass is 9.76. The van der Waals surface area contributed by atoms with Crippen LogP contribution >= 0.6 is 0 Å². The van der Waals surface area contributed by atoms with Crippen molar-refractivity contribution >= 4 is 11.9 Å². The molecule has 1 aliphatic heterocycles. The maximum atomic E-state index is 10.7. The van der Waals surface area contributed by atoms with E-state index in [0.29, 0.717) is 0 Å². The molecule has 0 aliphatic carbocycles. The van der Waals surface area contributed by atoms with Gasteiger partial charge in [-0.2, -0.15) is 0 Å². The van der Waals surface area contributed by atoms with Gasteiger partial charge in [-0.1, -0.05) is 0 Å². The second-order valence-electron chi connectivity index (χ2n) is 2.97. The molecule has 0 spiro atoms. The molecule has 1 aliphatic rings. The smallest absolute Gasteiger partial charge is 0.327 e. The van der Waals surface area contributed by atoms with Gasteiger partial charge in [0.15, 0.2) is 0 Å². The molecular formula is C6H9NO3. The molecule has 0 aromatic heterocycles. The number of carboxylic acids is 1. The van der Waals surface area contributed by atoms with Crippen LogP contribution in [0.3, 0.4) is 0 Å². The second kappa shape index (κ2) is 1.71. The first-order valence-corrected chi connectivity index (χ1v) is 3.00. The molecule has 4 nitrogen and oxygen atoms in total. The molecule has 1 rings (SSSR count). The Balaban J connectivity index is 2.72. The minimum absolute atomic E-state index is 0.195. The van der Waals surface area contributed by atoms with Crippen LogP contribution in [0.5, 0.6) is 0 Å². The highest BCUT2D eigenvalue weighted by Crippen LogP contribution is 2.29. The van der Waals surface area contributed by atoms with Crippen LogP contribution in [-0.4, -0.2) is 23.0 Å². The van der Waals surface area contributed by atoms with E-state index in [1.807, 2.05) is 0 Å². The summed E-state index contributed by atoms with van der Waals surface area (Å²) in [7, 11) is 0. The molecule has 0 unspecified atom stereocenters. The van der Waals surface area contributed by atoms with Gasteiger partial charge in [-0.15, -0.1) is 0 Å². The molecule has 0 aromatic rings. The van der Waals surface area contributed by atoms with Crippen molar-refractivity contribution in [1.82, 2.24) is 5.32 Å². The fourth-order valence-corrected chi connectivity index (χ4v) is 0.921. The Labute approximate surface area is 58.2 Å². The number of aliphatic carboxylic acids is 1. The van der Waals surface area contributed by atoms with Crippen molar-refractivity contribution in [2.24, 2.45) is 5.41 Å². The zero-order valence-electron chi connectivity index (χ0n) is 5.84. The average molecular weight is 143 g/mol. The third-order valence-electron chi connectivity index (χ3n) is 1.83. The van der Waals surface area contributed by atoms with Gasteiger partial charge in [-0.25, -0.2) is 4.79 Å². The molecule has 10 heavy (non-hydrogen) atoms. The van der Waals surface area contributed by atoms with E-state index in [1.165, 1.54) is 0 Å². The molecule has 0 bridgehead atoms. The van der Waals surface area contributed by atoms with Gasteiger partial charge < -0.3 is 10.4 Å². The van der Waals surface area contributed by atoms with Gasteiger partial charge in [0, 0.05) is 0 Å². The number of hydrogen-bond donors (Lipinski definition) is 2. The minimum Gasteiger partial charge on any atom is -0.480 e. The zero-order chi connectivity index (χ0) is 7.94. The van der Waals surface area contributed by atoms with Crippen molar-refractivity contribution in [2.45, 2.75) is 19.9 Å². The predicted octanol–water partition coefficient (Wildman–Crippen LogP) is -0.404. The van der Waals surface area contributed by atoms with Crippen molar-refractivity contribution in [3.8, 4) is 0 Å². The van der Waals surface area contributed by atoms with Gasteiger partial charge in [-0.05, 0) is 13.8 Å². The largest absolute Gasteiger partial charge is 0.480 e. The summed E-state index contributed by atoms with van der Waals surface area (Å²) in [6.07, 6.45) is 0. The Kier molecular flexibility index (Phi) is 1.21. The Bertz CT molecular complexity index is 197. The Morgan fingerprint density at radius 3 is 2.30 bits per heavy atom. The van der Waals surface area contributed by atoms with Crippen LogP contribution in [0.25, 0.3) is 0 Å². The number of carboxylic acid groups (broad SMARTS) is 1. The summed E-state index contributed by atoms with van der Waals surface area (Å²) in [4.78, 5) is 21.0. The van der Waals surface area contributed by atoms with E-state index in [9.17, 15) is 9.59 Å². The molecule has 0 saturated carbocycles. The number of carbonyl (C=O) groups excluding carboxylic acids is 1. The van der Waals surface area contributed by atoms with Crippen LogP contribution in [0.1, 0.15) is 13.8 Å². The summed E-state index contributed by atoms with van der Waals surface area (Å²) in [6.45, 7) is 3.23. The van der Waals surface area contributed by atoms with Crippen LogP contribution in [0.2, 0.25) is 0 Å². The monoisotopic (exact) mass is 143 g/mol. The normalized spacial score (nSPS) is 28.6. The maximum Gasteiger partial charge on any atom is 0.327 e. The standard InChI is InChI=1S/C6H9NO3/c1-6(2)3(4(8)9)7-5(6)10/h3H,1-2H3,(H,7,10)(H,8,9)/t3-/m1/s1. The summed E-state index contributed by atoms with van der Waals surface area (Å²) in [5.41, 5.74) is -0.730. The molecule has 2 N–H and O–H groups in total. The highest BCUT2D eigenvalue weighted by molar-refractivity contribution is 5.99. The topological polar surface area (TPSA) is 66.4 Å². The van der Waals surface area contributed by atoms with Gasteiger partial charge in [0.1, 0.15) is 6.04 Å². The molecule has 1 atom stereocenters. The van der Waals surface area contributed by atoms with Crippen LogP contribution < -0.4 is 5.32 Å². The van der Waals surface area contributed by atoms with Gasteiger partial charge in [0.05, 0.1) is 5.41 Å². The number of rotatable bonds is 1. The van der Waals surface area contributed by atoms with E-state index in [1.54, 1.807) is 13.8 Å². The Hall–Kier alpha value is -1.06. The first-order valence-electron chi connectivity index (χ1n) is 3.00. The summed E-state index contributed by atoms with van der Waals surface area (Å²) in [5, 5.41) is 10.8. The second-order valence-corrected chi connectivity index (χ2v) is 2.97. The Morgan fingerprint density at radius 2 is 2.20 bits per heavy atom. The third-order valence-corrected chi connectivity index (χ3v) is 1.83. The summed E-state index contributed by atoms with van der Waals surface area (Å²) in [5.74, 6) is -1.16. The first-order chi connectivity index (χ1) is 4.46. The van der Waals surface area contributed by atoms with Crippen LogP contribution in [0.4, 0.5) is 0 Å². The van der Waals surface area contributed by atoms with Gasteiger partial charge >= 0.3 is 5.97 Å². The molecule has 1 heterocycles. The zero-order valence-corrected chi connectivity index (χ0v) is 5.84. The van der Waals surface area contributed by atoms with Crippen molar-refractivity contribution < 1.29 is 14.7 Å². The number of nitrogens with one attached hydrogen (secondary N) is 1. The lowest BCUT2D eigenvalue weighted by Crippen LogP contribution is -2.67. The third kappa shape index (κ3) is 0.683. The van der Waals surface area contributed by atoms with Gasteiger partial charge in [0.25, 0.3) is 0 Å². The number of hydrogen-bond acceptors (Lipinski definition) is 2. The fraction of sp³-hybridized carbons (Fsp3) is 0.667. The summed E-state index contributed by atoms with van der Waals surface area (Å²) < 4.78 is 0. The number of amides is 1. The quantitative estimate of drug-likeness (QED) is 0.490. The van der Waals surface area contributed by atoms with Crippen molar-refractivity contribution in [1.29, 1.82) is 0 Å². The molecule has 1 fully saturated rings. The van der Waals surface area contributed by atoms with Crippen LogP contribution in [0, 0.1) is 5.41 Å². The molecule has 56 valence electrons. The van der Waals surface area contributed by atoms with E-state index in [0.717, 1.165) is 0 Å². The van der Waals surface area contributed by atoms with E-state index in [4.69, 9.17) is 5.11 Å². The molecule has 0 radical (unpaired) electrons. The maximum absolute atomic E-state index is 10.7. The molecule has 4 heteroatoms. The molecule has 0 aromatic carbocycles. The average Bonchev–Trinajstić information content (AvgIpc) is 1.82.